The number of nitrogens with one attached hydrogen (secondary N) is 2. The largest absolute Gasteiger partial charge is 0.388 e. The summed E-state index contributed by atoms with van der Waals surface area (Å²) in [6, 6.07) is 15.5. The van der Waals surface area contributed by atoms with Crippen LogP contribution in [0.5, 0.6) is 0 Å². The highest BCUT2D eigenvalue weighted by Crippen LogP contribution is 2.20. The summed E-state index contributed by atoms with van der Waals surface area (Å²) < 4.78 is 0. The normalized spacial score (nSPS) is 19.8. The van der Waals surface area contributed by atoms with Crippen LogP contribution in [0.1, 0.15) is 16.1 Å². The zero-order valence-electron chi connectivity index (χ0n) is 16.1. The number of H-pyrrole nitrogens is 1. The van der Waals surface area contributed by atoms with Gasteiger partial charge in [-0.3, -0.25) is 9.59 Å². The lowest BCUT2D eigenvalue weighted by Gasteiger charge is -2.24. The fraction of sp³-hybridized carbons (Fsp3) is 0.273. The molecule has 7 nitrogen and oxygen atoms in total. The number of rotatable bonds is 5. The minimum absolute atomic E-state index is 0.0338. The lowest BCUT2D eigenvalue weighted by molar-refractivity contribution is -0.132. The van der Waals surface area contributed by atoms with Gasteiger partial charge in [0.25, 0.3) is 5.91 Å². The van der Waals surface area contributed by atoms with E-state index in [1.54, 1.807) is 24.3 Å². The van der Waals surface area contributed by atoms with E-state index in [4.69, 9.17) is 11.6 Å². The van der Waals surface area contributed by atoms with Crippen LogP contribution in [-0.4, -0.2) is 63.3 Å². The van der Waals surface area contributed by atoms with Gasteiger partial charge in [0.15, 0.2) is 0 Å². The highest BCUT2D eigenvalue weighted by Gasteiger charge is 2.36. The number of hydrogen-bond donors (Lipinski definition) is 4. The van der Waals surface area contributed by atoms with E-state index in [0.717, 1.165) is 16.5 Å². The zero-order chi connectivity index (χ0) is 21.3. The molecule has 0 spiro atoms. The van der Waals surface area contributed by atoms with Crippen LogP contribution in [0.15, 0.2) is 54.6 Å². The van der Waals surface area contributed by atoms with Crippen molar-refractivity contribution in [2.45, 2.75) is 24.7 Å². The van der Waals surface area contributed by atoms with Crippen LogP contribution in [0.4, 0.5) is 0 Å². The standard InChI is InChI=1S/C22H22ClN3O4/c23-15-6-7-16-14(9-15)10-17(24-16)21(29)25-18(8-13-4-2-1-3-5-13)22(30)26-11-19(27)20(28)12-26/h1-7,9-10,18-20,24,27-28H,8,11-12H2,(H,25,29)/t18-,19-,20-/m0/s1. The third-order valence-corrected chi connectivity index (χ3v) is 5.52. The Morgan fingerprint density at radius 1 is 1.10 bits per heavy atom. The smallest absolute Gasteiger partial charge is 0.268 e. The van der Waals surface area contributed by atoms with Gasteiger partial charge < -0.3 is 25.4 Å². The topological polar surface area (TPSA) is 106 Å². The maximum absolute atomic E-state index is 13.1. The quantitative estimate of drug-likeness (QED) is 0.497. The van der Waals surface area contributed by atoms with E-state index < -0.39 is 24.2 Å². The first-order valence-electron chi connectivity index (χ1n) is 9.68. The van der Waals surface area contributed by atoms with E-state index in [9.17, 15) is 19.8 Å². The van der Waals surface area contributed by atoms with Crippen LogP contribution >= 0.6 is 11.6 Å². The number of aliphatic hydroxyl groups excluding tert-OH is 2. The van der Waals surface area contributed by atoms with Crippen LogP contribution in [0.3, 0.4) is 0 Å². The maximum Gasteiger partial charge on any atom is 0.268 e. The van der Waals surface area contributed by atoms with Gasteiger partial charge in [-0.1, -0.05) is 41.9 Å². The second-order valence-corrected chi connectivity index (χ2v) is 7.94. The second-order valence-electron chi connectivity index (χ2n) is 7.51. The molecule has 1 aliphatic heterocycles. The number of hydrogen-bond acceptors (Lipinski definition) is 4. The highest BCUT2D eigenvalue weighted by molar-refractivity contribution is 6.31. The van der Waals surface area contributed by atoms with Crippen LogP contribution in [0.2, 0.25) is 5.02 Å². The molecule has 3 aromatic rings. The van der Waals surface area contributed by atoms with E-state index >= 15 is 0 Å². The van der Waals surface area contributed by atoms with E-state index in [1.807, 2.05) is 30.3 Å². The van der Waals surface area contributed by atoms with Crippen molar-refractivity contribution in [3.05, 3.63) is 70.9 Å². The van der Waals surface area contributed by atoms with Crippen molar-refractivity contribution in [3.63, 3.8) is 0 Å². The summed E-state index contributed by atoms with van der Waals surface area (Å²) in [6.07, 6.45) is -1.68. The third kappa shape index (κ3) is 4.33. The number of nitrogens with zero attached hydrogens (tertiary/aromatic N) is 1. The average molecular weight is 428 g/mol. The molecule has 3 atom stereocenters. The minimum Gasteiger partial charge on any atom is -0.388 e. The van der Waals surface area contributed by atoms with Crippen molar-refractivity contribution in [2.24, 2.45) is 0 Å². The number of amides is 2. The van der Waals surface area contributed by atoms with Gasteiger partial charge in [-0.25, -0.2) is 0 Å². The molecule has 0 saturated carbocycles. The summed E-state index contributed by atoms with van der Waals surface area (Å²) in [5.74, 6) is -0.765. The molecule has 1 fully saturated rings. The van der Waals surface area contributed by atoms with Gasteiger partial charge in [0.05, 0.1) is 12.2 Å². The Labute approximate surface area is 178 Å². The number of aromatic amines is 1. The van der Waals surface area contributed by atoms with Gasteiger partial charge in [-0.2, -0.15) is 0 Å². The first-order chi connectivity index (χ1) is 14.4. The number of aliphatic hydroxyl groups is 2. The summed E-state index contributed by atoms with van der Waals surface area (Å²) in [5.41, 5.74) is 1.97. The van der Waals surface area contributed by atoms with E-state index in [-0.39, 0.29) is 19.0 Å². The first-order valence-corrected chi connectivity index (χ1v) is 10.1. The molecule has 4 rings (SSSR count). The third-order valence-electron chi connectivity index (χ3n) is 5.28. The van der Waals surface area contributed by atoms with Crippen molar-refractivity contribution in [1.29, 1.82) is 0 Å². The Kier molecular flexibility index (Phi) is 5.76. The lowest BCUT2D eigenvalue weighted by atomic mass is 10.0. The van der Waals surface area contributed by atoms with Crippen molar-refractivity contribution in [1.82, 2.24) is 15.2 Å². The molecule has 0 aliphatic carbocycles. The van der Waals surface area contributed by atoms with Gasteiger partial charge in [0.2, 0.25) is 5.91 Å². The number of aromatic nitrogens is 1. The van der Waals surface area contributed by atoms with Gasteiger partial charge >= 0.3 is 0 Å². The predicted octanol–water partition coefficient (Wildman–Crippen LogP) is 1.73. The molecule has 0 bridgehead atoms. The molecule has 2 amide bonds. The maximum atomic E-state index is 13.1. The molecule has 4 N–H and O–H groups in total. The van der Waals surface area contributed by atoms with Gasteiger partial charge in [0.1, 0.15) is 11.7 Å². The number of halogens is 1. The fourth-order valence-corrected chi connectivity index (χ4v) is 3.86. The SMILES string of the molecule is O=C(N[C@@H](Cc1ccccc1)C(=O)N1C[C@H](O)[C@@H](O)C1)c1cc2cc(Cl)ccc2[nH]1. The number of β-amino-alcohol motifs (C(OH)–C–C–N with tert-alkyl or cyclic N) is 2. The van der Waals surface area contributed by atoms with Crippen LogP contribution in [-0.2, 0) is 11.2 Å². The first kappa shape index (κ1) is 20.4. The van der Waals surface area contributed by atoms with Crippen LogP contribution in [0, 0.1) is 0 Å². The fourth-order valence-electron chi connectivity index (χ4n) is 3.68. The number of fused-ring (bicyclic) bond motifs is 1. The molecule has 1 aromatic heterocycles. The highest BCUT2D eigenvalue weighted by atomic mass is 35.5. The molecule has 0 unspecified atom stereocenters. The van der Waals surface area contributed by atoms with Crippen LogP contribution < -0.4 is 5.32 Å². The Morgan fingerprint density at radius 3 is 2.50 bits per heavy atom. The van der Waals surface area contributed by atoms with E-state index in [2.05, 4.69) is 10.3 Å². The Bertz CT molecular complexity index is 1060. The monoisotopic (exact) mass is 427 g/mol. The van der Waals surface area contributed by atoms with Gasteiger partial charge in [-0.15, -0.1) is 0 Å². The van der Waals surface area contributed by atoms with Crippen molar-refractivity contribution in [2.75, 3.05) is 13.1 Å². The number of carbonyl (C=O) groups excluding carboxylic acids is 2. The minimum atomic E-state index is -0.986. The Balaban J connectivity index is 1.56. The Hall–Kier alpha value is -2.87. The molecule has 2 aromatic carbocycles. The molecule has 156 valence electrons. The van der Waals surface area contributed by atoms with Crippen molar-refractivity contribution < 1.29 is 19.8 Å². The number of carbonyl (C=O) groups is 2. The summed E-state index contributed by atoms with van der Waals surface area (Å²) in [4.78, 5) is 30.4. The second kappa shape index (κ2) is 8.47. The summed E-state index contributed by atoms with van der Waals surface area (Å²) >= 11 is 6.01. The summed E-state index contributed by atoms with van der Waals surface area (Å²) in [7, 11) is 0. The van der Waals surface area contributed by atoms with Gasteiger partial charge in [0, 0.05) is 35.4 Å². The number of benzene rings is 2. The molecular weight excluding hydrogens is 406 g/mol. The molecule has 1 saturated heterocycles. The van der Waals surface area contributed by atoms with Gasteiger partial charge in [-0.05, 0) is 29.8 Å². The Morgan fingerprint density at radius 2 is 1.80 bits per heavy atom. The lowest BCUT2D eigenvalue weighted by Crippen LogP contribution is -2.49. The van der Waals surface area contributed by atoms with Crippen molar-refractivity contribution >= 4 is 34.3 Å². The van der Waals surface area contributed by atoms with E-state index in [0.29, 0.717) is 17.1 Å². The average Bonchev–Trinajstić information content (AvgIpc) is 3.30. The summed E-state index contributed by atoms with van der Waals surface area (Å²) in [6.45, 7) is 0.0676. The molecule has 1 aliphatic rings. The van der Waals surface area contributed by atoms with Crippen molar-refractivity contribution in [3.8, 4) is 0 Å². The molecule has 2 heterocycles. The molecule has 30 heavy (non-hydrogen) atoms. The molecule has 0 radical (unpaired) electrons. The summed E-state index contributed by atoms with van der Waals surface area (Å²) in [5, 5.41) is 23.8. The predicted molar refractivity (Wildman–Crippen MR) is 113 cm³/mol. The molecular formula is C22H22ClN3O4. The zero-order valence-corrected chi connectivity index (χ0v) is 16.8. The van der Waals surface area contributed by atoms with Crippen LogP contribution in [0.25, 0.3) is 10.9 Å². The molecule has 8 heteroatoms. The van der Waals surface area contributed by atoms with E-state index in [1.165, 1.54) is 4.90 Å². The number of likely N-dealkylation sites (tertiary alicyclic amines) is 1.